The van der Waals surface area contributed by atoms with E-state index in [2.05, 4.69) is 4.74 Å². The number of methoxy groups -OCH3 is 1. The maximum Gasteiger partial charge on any atom is 0.308 e. The summed E-state index contributed by atoms with van der Waals surface area (Å²) in [6.45, 7) is 0. The molecule has 0 radical (unpaired) electrons. The molecule has 6 heteroatoms. The molecule has 0 heterocycles. The number of ether oxygens (including phenoxy) is 2. The Morgan fingerprint density at radius 3 is 2.48 bits per heavy atom. The SMILES string of the molecule is COC(=O)CC(OC(O)c1ccccc1)c1ccc(Cl)cc1Cl. The molecule has 4 nitrogen and oxygen atoms in total. The van der Waals surface area contributed by atoms with Crippen LogP contribution in [0.15, 0.2) is 48.5 Å². The van der Waals surface area contributed by atoms with Gasteiger partial charge in [0.25, 0.3) is 0 Å². The van der Waals surface area contributed by atoms with Gasteiger partial charge in [-0.1, -0.05) is 59.6 Å². The summed E-state index contributed by atoms with van der Waals surface area (Å²) in [4.78, 5) is 11.6. The minimum Gasteiger partial charge on any atom is -0.469 e. The predicted octanol–water partition coefficient (Wildman–Crippen LogP) is 4.31. The molecule has 2 rings (SSSR count). The summed E-state index contributed by atoms with van der Waals surface area (Å²) in [6.07, 6.45) is -2.04. The van der Waals surface area contributed by atoms with E-state index in [0.717, 1.165) is 0 Å². The summed E-state index contributed by atoms with van der Waals surface area (Å²) in [6, 6.07) is 13.7. The number of hydrogen-bond acceptors (Lipinski definition) is 4. The van der Waals surface area contributed by atoms with Gasteiger partial charge in [0.15, 0.2) is 6.29 Å². The number of esters is 1. The van der Waals surface area contributed by atoms with Crippen LogP contribution in [-0.2, 0) is 14.3 Å². The third kappa shape index (κ3) is 4.94. The van der Waals surface area contributed by atoms with Crippen molar-refractivity contribution < 1.29 is 19.4 Å². The van der Waals surface area contributed by atoms with Gasteiger partial charge in [-0.15, -0.1) is 0 Å². The van der Waals surface area contributed by atoms with Gasteiger partial charge in [0.1, 0.15) is 0 Å². The molecule has 0 saturated heterocycles. The molecule has 0 bridgehead atoms. The predicted molar refractivity (Wildman–Crippen MR) is 88.3 cm³/mol. The Labute approximate surface area is 144 Å². The highest BCUT2D eigenvalue weighted by molar-refractivity contribution is 6.35. The highest BCUT2D eigenvalue weighted by Gasteiger charge is 2.23. The molecule has 23 heavy (non-hydrogen) atoms. The monoisotopic (exact) mass is 354 g/mol. The zero-order valence-corrected chi connectivity index (χ0v) is 13.9. The lowest BCUT2D eigenvalue weighted by atomic mass is 10.1. The summed E-state index contributed by atoms with van der Waals surface area (Å²) in [5.74, 6) is -0.471. The van der Waals surface area contributed by atoms with Crippen molar-refractivity contribution in [3.63, 3.8) is 0 Å². The van der Waals surface area contributed by atoms with Crippen molar-refractivity contribution >= 4 is 29.2 Å². The van der Waals surface area contributed by atoms with Crippen molar-refractivity contribution in [1.82, 2.24) is 0 Å². The fraction of sp³-hybridized carbons (Fsp3) is 0.235. The zero-order chi connectivity index (χ0) is 16.8. The van der Waals surface area contributed by atoms with Crippen LogP contribution in [0.2, 0.25) is 10.0 Å². The number of aliphatic hydroxyl groups is 1. The third-order valence-corrected chi connectivity index (χ3v) is 3.83. The number of benzene rings is 2. The Balaban J connectivity index is 2.25. The van der Waals surface area contributed by atoms with Crippen LogP contribution in [0.1, 0.15) is 29.9 Å². The summed E-state index contributed by atoms with van der Waals surface area (Å²) in [7, 11) is 1.29. The maximum atomic E-state index is 11.6. The molecule has 0 spiro atoms. The van der Waals surface area contributed by atoms with Crippen LogP contribution >= 0.6 is 23.2 Å². The van der Waals surface area contributed by atoms with Gasteiger partial charge in [-0.2, -0.15) is 0 Å². The second-order valence-electron chi connectivity index (χ2n) is 4.83. The molecule has 0 aliphatic carbocycles. The molecule has 2 atom stereocenters. The molecule has 2 unspecified atom stereocenters. The molecular formula is C17H16Cl2O4. The molecular weight excluding hydrogens is 339 g/mol. The third-order valence-electron chi connectivity index (χ3n) is 3.27. The largest absolute Gasteiger partial charge is 0.469 e. The van der Waals surface area contributed by atoms with Crippen molar-refractivity contribution in [2.24, 2.45) is 0 Å². The summed E-state index contributed by atoms with van der Waals surface area (Å²) >= 11 is 12.1. The molecule has 122 valence electrons. The Kier molecular flexibility index (Phi) is 6.42. The average molecular weight is 355 g/mol. The number of carbonyl (C=O) groups excluding carboxylic acids is 1. The van der Waals surface area contributed by atoms with Crippen molar-refractivity contribution in [2.75, 3.05) is 7.11 Å². The quantitative estimate of drug-likeness (QED) is 0.620. The molecule has 2 aromatic rings. The van der Waals surface area contributed by atoms with Gasteiger partial charge in [-0.05, 0) is 12.1 Å². The average Bonchev–Trinajstić information content (AvgIpc) is 2.55. The second kappa shape index (κ2) is 8.31. The number of halogens is 2. The van der Waals surface area contributed by atoms with Crippen molar-refractivity contribution in [3.8, 4) is 0 Å². The minimum atomic E-state index is -1.20. The normalized spacial score (nSPS) is 13.4. The Morgan fingerprint density at radius 2 is 1.87 bits per heavy atom. The van der Waals surface area contributed by atoms with E-state index in [1.165, 1.54) is 7.11 Å². The topological polar surface area (TPSA) is 55.8 Å². The van der Waals surface area contributed by atoms with E-state index in [1.54, 1.807) is 42.5 Å². The summed E-state index contributed by atoms with van der Waals surface area (Å²) in [5.41, 5.74) is 1.13. The zero-order valence-electron chi connectivity index (χ0n) is 12.4. The van der Waals surface area contributed by atoms with Crippen LogP contribution in [0, 0.1) is 0 Å². The van der Waals surface area contributed by atoms with Crippen LogP contribution in [-0.4, -0.2) is 18.2 Å². The van der Waals surface area contributed by atoms with E-state index in [-0.39, 0.29) is 6.42 Å². The molecule has 1 N–H and O–H groups in total. The first-order valence-corrected chi connectivity index (χ1v) is 7.67. The summed E-state index contributed by atoms with van der Waals surface area (Å²) in [5, 5.41) is 11.1. The van der Waals surface area contributed by atoms with Crippen molar-refractivity contribution in [1.29, 1.82) is 0 Å². The Bertz CT molecular complexity index is 661. The van der Waals surface area contributed by atoms with Gasteiger partial charge in [0, 0.05) is 21.2 Å². The van der Waals surface area contributed by atoms with E-state index in [0.29, 0.717) is 21.2 Å². The number of rotatable bonds is 6. The fourth-order valence-electron chi connectivity index (χ4n) is 2.08. The van der Waals surface area contributed by atoms with Crippen LogP contribution in [0.4, 0.5) is 0 Å². The van der Waals surface area contributed by atoms with Crippen molar-refractivity contribution in [3.05, 3.63) is 69.7 Å². The number of carbonyl (C=O) groups is 1. The van der Waals surface area contributed by atoms with Crippen LogP contribution in [0.5, 0.6) is 0 Å². The number of hydrogen-bond donors (Lipinski definition) is 1. The first kappa shape index (κ1) is 17.8. The highest BCUT2D eigenvalue weighted by Crippen LogP contribution is 2.34. The molecule has 0 amide bonds. The molecule has 0 aliphatic heterocycles. The van der Waals surface area contributed by atoms with Crippen molar-refractivity contribution in [2.45, 2.75) is 18.8 Å². The van der Waals surface area contributed by atoms with Gasteiger partial charge in [0.2, 0.25) is 0 Å². The highest BCUT2D eigenvalue weighted by atomic mass is 35.5. The lowest BCUT2D eigenvalue weighted by Crippen LogP contribution is -2.15. The first-order chi connectivity index (χ1) is 11.0. The first-order valence-electron chi connectivity index (χ1n) is 6.91. The molecule has 2 aromatic carbocycles. The summed E-state index contributed by atoms with van der Waals surface area (Å²) < 4.78 is 10.3. The van der Waals surface area contributed by atoms with Gasteiger partial charge in [0.05, 0.1) is 19.6 Å². The van der Waals surface area contributed by atoms with Gasteiger partial charge in [-0.3, -0.25) is 4.79 Å². The minimum absolute atomic E-state index is 0.0816. The molecule has 0 saturated carbocycles. The van der Waals surface area contributed by atoms with Gasteiger partial charge < -0.3 is 14.6 Å². The van der Waals surface area contributed by atoms with Crippen LogP contribution in [0.3, 0.4) is 0 Å². The lowest BCUT2D eigenvalue weighted by molar-refractivity contribution is -0.161. The molecule has 0 aromatic heterocycles. The smallest absolute Gasteiger partial charge is 0.308 e. The van der Waals surface area contributed by atoms with E-state index in [1.807, 2.05) is 6.07 Å². The standard InChI is InChI=1S/C17H16Cl2O4/c1-22-16(20)10-15(13-8-7-12(18)9-14(13)19)23-17(21)11-5-3-2-4-6-11/h2-9,15,17,21H,10H2,1H3. The van der Waals surface area contributed by atoms with Crippen LogP contribution < -0.4 is 0 Å². The Hall–Kier alpha value is -1.59. The molecule has 0 fully saturated rings. The van der Waals surface area contributed by atoms with Gasteiger partial charge >= 0.3 is 5.97 Å². The molecule has 0 aliphatic rings. The van der Waals surface area contributed by atoms with E-state index >= 15 is 0 Å². The second-order valence-corrected chi connectivity index (χ2v) is 5.68. The number of aliphatic hydroxyl groups excluding tert-OH is 1. The van der Waals surface area contributed by atoms with Gasteiger partial charge in [-0.25, -0.2) is 0 Å². The maximum absolute atomic E-state index is 11.6. The van der Waals surface area contributed by atoms with E-state index in [4.69, 9.17) is 27.9 Å². The fourth-order valence-corrected chi connectivity index (χ4v) is 2.61. The Morgan fingerprint density at radius 1 is 1.17 bits per heavy atom. The van der Waals surface area contributed by atoms with E-state index < -0.39 is 18.4 Å². The lowest BCUT2D eigenvalue weighted by Gasteiger charge is -2.22. The van der Waals surface area contributed by atoms with E-state index in [9.17, 15) is 9.90 Å². The van der Waals surface area contributed by atoms with Crippen LogP contribution in [0.25, 0.3) is 0 Å².